The minimum absolute atomic E-state index is 0.502. The maximum absolute atomic E-state index is 6.08. The topological polar surface area (TPSA) is 50.3 Å². The Balaban J connectivity index is 1.79. The predicted molar refractivity (Wildman–Crippen MR) is 78.6 cm³/mol. The molecule has 0 saturated carbocycles. The van der Waals surface area contributed by atoms with E-state index in [1.807, 2.05) is 18.2 Å². The van der Waals surface area contributed by atoms with Crippen molar-refractivity contribution in [2.24, 2.45) is 0 Å². The van der Waals surface area contributed by atoms with Crippen LogP contribution < -0.4 is 15.0 Å². The van der Waals surface area contributed by atoms with Crippen molar-refractivity contribution in [3.63, 3.8) is 0 Å². The maximum Gasteiger partial charge on any atom is 0.228 e. The molecule has 6 heteroatoms. The molecule has 1 N–H and O–H groups in total. The van der Waals surface area contributed by atoms with Crippen LogP contribution in [-0.4, -0.2) is 36.1 Å². The van der Waals surface area contributed by atoms with E-state index in [0.29, 0.717) is 22.6 Å². The summed E-state index contributed by atoms with van der Waals surface area (Å²) < 4.78 is 5.72. The van der Waals surface area contributed by atoms with Crippen LogP contribution in [0.5, 0.6) is 11.6 Å². The molecule has 0 radical (unpaired) electrons. The lowest BCUT2D eigenvalue weighted by Crippen LogP contribution is -2.44. The minimum atomic E-state index is 0.502. The summed E-state index contributed by atoms with van der Waals surface area (Å²) in [4.78, 5) is 10.9. The Labute approximate surface area is 122 Å². The zero-order valence-electron chi connectivity index (χ0n) is 10.9. The summed E-state index contributed by atoms with van der Waals surface area (Å²) >= 11 is 6.08. The van der Waals surface area contributed by atoms with Crippen LogP contribution >= 0.6 is 11.6 Å². The Morgan fingerprint density at radius 3 is 2.75 bits per heavy atom. The summed E-state index contributed by atoms with van der Waals surface area (Å²) in [5.74, 6) is 1.79. The monoisotopic (exact) mass is 290 g/mol. The van der Waals surface area contributed by atoms with Crippen molar-refractivity contribution in [3.05, 3.63) is 41.6 Å². The molecule has 0 atom stereocenters. The second-order valence-corrected chi connectivity index (χ2v) is 4.87. The van der Waals surface area contributed by atoms with E-state index in [-0.39, 0.29) is 0 Å². The van der Waals surface area contributed by atoms with Gasteiger partial charge in [0.2, 0.25) is 11.8 Å². The number of rotatable bonds is 3. The Hall–Kier alpha value is -1.85. The van der Waals surface area contributed by atoms with Crippen LogP contribution in [0.1, 0.15) is 0 Å². The van der Waals surface area contributed by atoms with Crippen molar-refractivity contribution in [1.82, 2.24) is 15.3 Å². The predicted octanol–water partition coefficient (Wildman–Crippen LogP) is 2.33. The molecule has 0 bridgehead atoms. The number of nitrogens with one attached hydrogen (secondary N) is 1. The summed E-state index contributed by atoms with van der Waals surface area (Å²) in [6.07, 6.45) is 1.70. The van der Waals surface area contributed by atoms with Crippen LogP contribution in [0.15, 0.2) is 36.5 Å². The van der Waals surface area contributed by atoms with Gasteiger partial charge < -0.3 is 15.0 Å². The van der Waals surface area contributed by atoms with Gasteiger partial charge in [-0.15, -0.1) is 0 Å². The van der Waals surface area contributed by atoms with Gasteiger partial charge in [0.25, 0.3) is 0 Å². The SMILES string of the molecule is Clc1ccccc1Oc1ccnc(N2CCNCC2)n1. The molecule has 20 heavy (non-hydrogen) atoms. The summed E-state index contributed by atoms with van der Waals surface area (Å²) in [5, 5.41) is 3.87. The lowest BCUT2D eigenvalue weighted by molar-refractivity contribution is 0.460. The van der Waals surface area contributed by atoms with E-state index in [9.17, 15) is 0 Å². The summed E-state index contributed by atoms with van der Waals surface area (Å²) in [6, 6.07) is 9.07. The second-order valence-electron chi connectivity index (χ2n) is 4.46. The molecule has 1 aromatic carbocycles. The van der Waals surface area contributed by atoms with Crippen LogP contribution in [0.2, 0.25) is 5.02 Å². The number of anilines is 1. The van der Waals surface area contributed by atoms with Gasteiger partial charge >= 0.3 is 0 Å². The van der Waals surface area contributed by atoms with Gasteiger partial charge in [-0.1, -0.05) is 23.7 Å². The molecule has 0 unspecified atom stereocenters. The van der Waals surface area contributed by atoms with Gasteiger partial charge in [-0.25, -0.2) is 4.98 Å². The molecule has 0 amide bonds. The Bertz CT molecular complexity index is 587. The van der Waals surface area contributed by atoms with Gasteiger partial charge in [-0.2, -0.15) is 4.98 Å². The molecular weight excluding hydrogens is 276 g/mol. The molecular formula is C14H15ClN4O. The standard InChI is InChI=1S/C14H15ClN4O/c15-11-3-1-2-4-12(11)20-13-5-6-17-14(18-13)19-9-7-16-8-10-19/h1-6,16H,7-10H2. The average molecular weight is 291 g/mol. The van der Waals surface area contributed by atoms with Gasteiger partial charge in [0.15, 0.2) is 0 Å². The molecule has 3 rings (SSSR count). The quantitative estimate of drug-likeness (QED) is 0.940. The second kappa shape index (κ2) is 6.07. The summed E-state index contributed by atoms with van der Waals surface area (Å²) in [7, 11) is 0. The van der Waals surface area contributed by atoms with Crippen molar-refractivity contribution in [2.45, 2.75) is 0 Å². The first-order valence-corrected chi connectivity index (χ1v) is 6.92. The molecule has 2 heterocycles. The number of halogens is 1. The molecule has 1 fully saturated rings. The highest BCUT2D eigenvalue weighted by Gasteiger charge is 2.14. The van der Waals surface area contributed by atoms with E-state index < -0.39 is 0 Å². The van der Waals surface area contributed by atoms with Crippen LogP contribution in [0, 0.1) is 0 Å². The van der Waals surface area contributed by atoms with Gasteiger partial charge in [-0.3, -0.25) is 0 Å². The van der Waals surface area contributed by atoms with Gasteiger partial charge in [0.1, 0.15) is 5.75 Å². The lowest BCUT2D eigenvalue weighted by Gasteiger charge is -2.27. The first-order valence-electron chi connectivity index (χ1n) is 6.54. The van der Waals surface area contributed by atoms with Gasteiger partial charge in [0.05, 0.1) is 5.02 Å². The number of para-hydroxylation sites is 1. The molecule has 0 spiro atoms. The number of piperazine rings is 1. The minimum Gasteiger partial charge on any atom is -0.437 e. The Kier molecular flexibility index (Phi) is 3.99. The molecule has 104 valence electrons. The van der Waals surface area contributed by atoms with E-state index in [1.165, 1.54) is 0 Å². The van der Waals surface area contributed by atoms with E-state index in [0.717, 1.165) is 26.2 Å². The van der Waals surface area contributed by atoms with Gasteiger partial charge in [0, 0.05) is 38.4 Å². The zero-order valence-corrected chi connectivity index (χ0v) is 11.7. The first kappa shape index (κ1) is 13.1. The third-order valence-corrected chi connectivity index (χ3v) is 3.38. The molecule has 1 aliphatic heterocycles. The highest BCUT2D eigenvalue weighted by atomic mass is 35.5. The van der Waals surface area contributed by atoms with Crippen LogP contribution in [-0.2, 0) is 0 Å². The van der Waals surface area contributed by atoms with Crippen molar-refractivity contribution in [3.8, 4) is 11.6 Å². The Morgan fingerprint density at radius 2 is 1.95 bits per heavy atom. The van der Waals surface area contributed by atoms with E-state index in [1.54, 1.807) is 18.3 Å². The smallest absolute Gasteiger partial charge is 0.228 e. The number of ether oxygens (including phenoxy) is 1. The van der Waals surface area contributed by atoms with Crippen molar-refractivity contribution >= 4 is 17.5 Å². The zero-order chi connectivity index (χ0) is 13.8. The fraction of sp³-hybridized carbons (Fsp3) is 0.286. The number of benzene rings is 1. The highest BCUT2D eigenvalue weighted by molar-refractivity contribution is 6.32. The molecule has 1 aromatic heterocycles. The number of hydrogen-bond donors (Lipinski definition) is 1. The fourth-order valence-electron chi connectivity index (χ4n) is 2.05. The fourth-order valence-corrected chi connectivity index (χ4v) is 2.22. The van der Waals surface area contributed by atoms with Crippen LogP contribution in [0.25, 0.3) is 0 Å². The molecule has 1 aliphatic rings. The lowest BCUT2D eigenvalue weighted by atomic mass is 10.3. The normalized spacial score (nSPS) is 15.2. The van der Waals surface area contributed by atoms with E-state index in [4.69, 9.17) is 16.3 Å². The van der Waals surface area contributed by atoms with Gasteiger partial charge in [-0.05, 0) is 12.1 Å². The maximum atomic E-state index is 6.08. The highest BCUT2D eigenvalue weighted by Crippen LogP contribution is 2.28. The summed E-state index contributed by atoms with van der Waals surface area (Å²) in [5.41, 5.74) is 0. The summed E-state index contributed by atoms with van der Waals surface area (Å²) in [6.45, 7) is 3.68. The third kappa shape index (κ3) is 3.00. The van der Waals surface area contributed by atoms with Crippen molar-refractivity contribution in [1.29, 1.82) is 0 Å². The molecule has 2 aromatic rings. The molecule has 1 saturated heterocycles. The van der Waals surface area contributed by atoms with E-state index >= 15 is 0 Å². The van der Waals surface area contributed by atoms with Crippen LogP contribution in [0.3, 0.4) is 0 Å². The molecule has 0 aliphatic carbocycles. The third-order valence-electron chi connectivity index (χ3n) is 3.07. The van der Waals surface area contributed by atoms with Crippen molar-refractivity contribution < 1.29 is 4.74 Å². The number of nitrogens with zero attached hydrogens (tertiary/aromatic N) is 3. The van der Waals surface area contributed by atoms with Crippen molar-refractivity contribution in [2.75, 3.05) is 31.1 Å². The Morgan fingerprint density at radius 1 is 1.15 bits per heavy atom. The number of aromatic nitrogens is 2. The average Bonchev–Trinajstić information content (AvgIpc) is 2.51. The number of hydrogen-bond acceptors (Lipinski definition) is 5. The largest absolute Gasteiger partial charge is 0.437 e. The molecule has 5 nitrogen and oxygen atoms in total. The first-order chi connectivity index (χ1) is 9.83. The van der Waals surface area contributed by atoms with E-state index in [2.05, 4.69) is 20.2 Å². The van der Waals surface area contributed by atoms with Crippen LogP contribution in [0.4, 0.5) is 5.95 Å².